The van der Waals surface area contributed by atoms with Gasteiger partial charge in [-0.3, -0.25) is 4.79 Å². The van der Waals surface area contributed by atoms with Crippen molar-refractivity contribution in [2.75, 3.05) is 6.61 Å². The molecule has 2 aromatic rings. The summed E-state index contributed by atoms with van der Waals surface area (Å²) in [4.78, 5) is 12.7. The molecule has 0 aliphatic carbocycles. The average Bonchev–Trinajstić information content (AvgIpc) is 3.16. The molecule has 6 atom stereocenters. The Morgan fingerprint density at radius 3 is 2.53 bits per heavy atom. The number of phenols is 1. The van der Waals surface area contributed by atoms with Gasteiger partial charge < -0.3 is 49.3 Å². The van der Waals surface area contributed by atoms with Crippen molar-refractivity contribution >= 4 is 11.0 Å². The van der Waals surface area contributed by atoms with E-state index in [0.29, 0.717) is 5.56 Å². The molecule has 1 fully saturated rings. The van der Waals surface area contributed by atoms with Gasteiger partial charge in [0.2, 0.25) is 0 Å². The highest BCUT2D eigenvalue weighted by atomic mass is 16.7. The molecule has 11 nitrogen and oxygen atoms in total. The van der Waals surface area contributed by atoms with E-state index in [1.165, 1.54) is 6.07 Å². The van der Waals surface area contributed by atoms with Gasteiger partial charge in [-0.1, -0.05) is 0 Å². The Morgan fingerprint density at radius 1 is 1.16 bits per heavy atom. The Hall–Kier alpha value is -2.25. The molecule has 1 aromatic heterocycles. The smallest absolute Gasteiger partial charge is 0.196 e. The van der Waals surface area contributed by atoms with Crippen LogP contribution < -0.4 is 10.2 Å². The molecule has 0 spiro atoms. The summed E-state index contributed by atoms with van der Waals surface area (Å²) in [6, 6.07) is 2.57. The molecule has 1 saturated heterocycles. The number of aliphatic hydroxyl groups is 5. The Kier molecular flexibility index (Phi) is 5.92. The minimum Gasteiger partial charge on any atom is -0.507 e. The zero-order chi connectivity index (χ0) is 23.4. The second-order valence-corrected chi connectivity index (χ2v) is 8.62. The van der Waals surface area contributed by atoms with Crippen LogP contribution in [-0.2, 0) is 22.5 Å². The molecular weight excluding hydrogens is 428 g/mol. The number of hydrogen-bond donors (Lipinski definition) is 6. The van der Waals surface area contributed by atoms with Crippen molar-refractivity contribution in [2.45, 2.75) is 69.3 Å². The SMILES string of the molecule is CC(C)(O)[C@@H]1Cc2c(cc3oc(CO[C@@H]4O[C@H](CO)[C@@H](O)[C@H](O)[C@H]4O)cc(=O)c3c2O)O1. The van der Waals surface area contributed by atoms with Gasteiger partial charge in [-0.05, 0) is 13.8 Å². The van der Waals surface area contributed by atoms with Gasteiger partial charge in [-0.2, -0.15) is 0 Å². The molecular formula is C21H26O11. The summed E-state index contributed by atoms with van der Waals surface area (Å²) < 4.78 is 22.1. The highest BCUT2D eigenvalue weighted by Crippen LogP contribution is 2.42. The molecule has 176 valence electrons. The highest BCUT2D eigenvalue weighted by Gasteiger charge is 2.44. The van der Waals surface area contributed by atoms with E-state index in [4.69, 9.17) is 18.6 Å². The number of benzene rings is 1. The van der Waals surface area contributed by atoms with Crippen LogP contribution >= 0.6 is 0 Å². The summed E-state index contributed by atoms with van der Waals surface area (Å²) in [5.74, 6) is 0.0486. The van der Waals surface area contributed by atoms with Crippen LogP contribution in [0.2, 0.25) is 0 Å². The molecule has 2 aliphatic heterocycles. The van der Waals surface area contributed by atoms with E-state index in [-0.39, 0.29) is 41.3 Å². The number of ether oxygens (including phenoxy) is 3. The summed E-state index contributed by atoms with van der Waals surface area (Å²) >= 11 is 0. The predicted molar refractivity (Wildman–Crippen MR) is 107 cm³/mol. The maximum atomic E-state index is 12.7. The van der Waals surface area contributed by atoms with Crippen molar-refractivity contribution in [1.82, 2.24) is 0 Å². The van der Waals surface area contributed by atoms with Gasteiger partial charge in [-0.15, -0.1) is 0 Å². The van der Waals surface area contributed by atoms with Gasteiger partial charge in [0.1, 0.15) is 65.4 Å². The first-order chi connectivity index (χ1) is 15.0. The topological polar surface area (TPSA) is 179 Å². The van der Waals surface area contributed by atoms with E-state index >= 15 is 0 Å². The van der Waals surface area contributed by atoms with E-state index in [2.05, 4.69) is 0 Å². The lowest BCUT2D eigenvalue weighted by Crippen LogP contribution is -2.59. The second-order valence-electron chi connectivity index (χ2n) is 8.62. The number of aliphatic hydroxyl groups excluding tert-OH is 4. The molecule has 32 heavy (non-hydrogen) atoms. The van der Waals surface area contributed by atoms with E-state index in [1.807, 2.05) is 0 Å². The summed E-state index contributed by atoms with van der Waals surface area (Å²) in [7, 11) is 0. The summed E-state index contributed by atoms with van der Waals surface area (Å²) in [6.07, 6.45) is -7.63. The molecule has 0 radical (unpaired) electrons. The van der Waals surface area contributed by atoms with Crippen LogP contribution in [0, 0.1) is 0 Å². The molecule has 11 heteroatoms. The van der Waals surface area contributed by atoms with Crippen molar-refractivity contribution in [3.63, 3.8) is 0 Å². The predicted octanol–water partition coefficient (Wildman–Crippen LogP) is -1.11. The number of hydrogen-bond acceptors (Lipinski definition) is 11. The fraction of sp³-hybridized carbons (Fsp3) is 0.571. The summed E-state index contributed by atoms with van der Waals surface area (Å²) in [5, 5.41) is 59.8. The first kappa shape index (κ1) is 22.9. The number of aromatic hydroxyl groups is 1. The van der Waals surface area contributed by atoms with Crippen LogP contribution in [0.4, 0.5) is 0 Å². The lowest BCUT2D eigenvalue weighted by molar-refractivity contribution is -0.304. The van der Waals surface area contributed by atoms with Crippen LogP contribution in [0.1, 0.15) is 25.2 Å². The molecule has 0 unspecified atom stereocenters. The minimum absolute atomic E-state index is 0.0378. The lowest BCUT2D eigenvalue weighted by atomic mass is 9.96. The third-order valence-corrected chi connectivity index (χ3v) is 5.79. The first-order valence-electron chi connectivity index (χ1n) is 10.1. The van der Waals surface area contributed by atoms with Crippen molar-refractivity contribution in [3.05, 3.63) is 33.7 Å². The molecule has 0 saturated carbocycles. The van der Waals surface area contributed by atoms with Gasteiger partial charge in [0.25, 0.3) is 0 Å². The minimum atomic E-state index is -1.60. The molecule has 6 N–H and O–H groups in total. The number of rotatable bonds is 5. The molecule has 1 aromatic carbocycles. The first-order valence-corrected chi connectivity index (χ1v) is 10.1. The average molecular weight is 454 g/mol. The van der Waals surface area contributed by atoms with Gasteiger partial charge >= 0.3 is 0 Å². The zero-order valence-corrected chi connectivity index (χ0v) is 17.5. The maximum absolute atomic E-state index is 12.7. The normalized spacial score (nSPS) is 30.3. The molecule has 0 bridgehead atoms. The van der Waals surface area contributed by atoms with Gasteiger partial charge in [0.15, 0.2) is 11.7 Å². The summed E-state index contributed by atoms with van der Waals surface area (Å²) in [6.45, 7) is 2.21. The van der Waals surface area contributed by atoms with Crippen molar-refractivity contribution in [3.8, 4) is 11.5 Å². The van der Waals surface area contributed by atoms with Crippen molar-refractivity contribution in [1.29, 1.82) is 0 Å². The molecule has 3 heterocycles. The fourth-order valence-corrected chi connectivity index (χ4v) is 3.89. The Morgan fingerprint density at radius 2 is 1.88 bits per heavy atom. The van der Waals surface area contributed by atoms with E-state index in [0.717, 1.165) is 6.07 Å². The van der Waals surface area contributed by atoms with E-state index < -0.39 is 54.4 Å². The van der Waals surface area contributed by atoms with Gasteiger partial charge in [0, 0.05) is 24.1 Å². The third-order valence-electron chi connectivity index (χ3n) is 5.79. The van der Waals surface area contributed by atoms with Crippen LogP contribution in [0.5, 0.6) is 11.5 Å². The highest BCUT2D eigenvalue weighted by molar-refractivity contribution is 5.87. The lowest BCUT2D eigenvalue weighted by Gasteiger charge is -2.39. The van der Waals surface area contributed by atoms with Crippen molar-refractivity contribution in [2.24, 2.45) is 0 Å². The monoisotopic (exact) mass is 454 g/mol. The third kappa shape index (κ3) is 3.97. The second kappa shape index (κ2) is 8.27. The maximum Gasteiger partial charge on any atom is 0.196 e. The number of phenolic OH excluding ortho intramolecular Hbond substituents is 1. The fourth-order valence-electron chi connectivity index (χ4n) is 3.89. The Labute approximate surface area is 182 Å². The van der Waals surface area contributed by atoms with Crippen LogP contribution in [0.3, 0.4) is 0 Å². The quantitative estimate of drug-likeness (QED) is 0.322. The molecule has 4 rings (SSSR count). The van der Waals surface area contributed by atoms with Crippen LogP contribution in [0.15, 0.2) is 21.3 Å². The largest absolute Gasteiger partial charge is 0.507 e. The molecule has 0 amide bonds. The zero-order valence-electron chi connectivity index (χ0n) is 17.5. The number of fused-ring (bicyclic) bond motifs is 2. The van der Waals surface area contributed by atoms with E-state index in [9.17, 15) is 35.4 Å². The van der Waals surface area contributed by atoms with Gasteiger partial charge in [-0.25, -0.2) is 0 Å². The summed E-state index contributed by atoms with van der Waals surface area (Å²) in [5.41, 5.74) is -1.26. The standard InChI is InChI=1S/C21H26O11/c1-21(2,28)14-4-9-11(31-14)5-12-15(16(9)24)10(23)3-8(30-12)7-29-20-19(27)18(26)17(25)13(6-22)32-20/h3,5,13-14,17-20,22,24-28H,4,6-7H2,1-2H3/t13-,14+,17-,18+,19-,20-/m1/s1. The van der Waals surface area contributed by atoms with Crippen molar-refractivity contribution < 1.29 is 49.3 Å². The van der Waals surface area contributed by atoms with E-state index in [1.54, 1.807) is 13.8 Å². The molecule has 2 aliphatic rings. The van der Waals surface area contributed by atoms with Crippen LogP contribution in [-0.4, -0.2) is 79.7 Å². The Bertz CT molecular complexity index is 1050. The van der Waals surface area contributed by atoms with Gasteiger partial charge in [0.05, 0.1) is 12.2 Å². The van der Waals surface area contributed by atoms with Crippen LogP contribution in [0.25, 0.3) is 11.0 Å². The Balaban J connectivity index is 1.58.